The number of amides is 3. The zero-order chi connectivity index (χ0) is 23.4. The molecular formula is C15H18N6O4. The van der Waals surface area contributed by atoms with Crippen molar-refractivity contribution in [2.24, 2.45) is 0 Å². The summed E-state index contributed by atoms with van der Waals surface area (Å²) in [5.74, 6) is -2.12. The Hall–Kier alpha value is -3.43. The van der Waals surface area contributed by atoms with Crippen molar-refractivity contribution < 1.29 is 27.3 Å². The predicted octanol–water partition coefficient (Wildman–Crippen LogP) is 1.23. The van der Waals surface area contributed by atoms with E-state index in [0.717, 1.165) is 6.07 Å². The van der Waals surface area contributed by atoms with Crippen LogP contribution in [-0.2, 0) is 0 Å². The van der Waals surface area contributed by atoms with E-state index in [0.29, 0.717) is 0 Å². The van der Waals surface area contributed by atoms with Crippen molar-refractivity contribution in [1.82, 2.24) is 19.9 Å². The van der Waals surface area contributed by atoms with Crippen LogP contribution in [0.3, 0.4) is 0 Å². The number of hydrogen-bond donors (Lipinski definition) is 2. The van der Waals surface area contributed by atoms with Crippen LogP contribution in [0.1, 0.15) is 18.6 Å². The van der Waals surface area contributed by atoms with Crippen molar-refractivity contribution in [3.63, 3.8) is 0 Å². The molecule has 132 valence electrons. The van der Waals surface area contributed by atoms with Gasteiger partial charge in [0.1, 0.15) is 5.82 Å². The number of aromatic nitrogens is 3. The minimum atomic E-state index is -2.90. The molecule has 0 saturated heterocycles. The van der Waals surface area contributed by atoms with Crippen LogP contribution in [0.4, 0.5) is 16.6 Å². The average Bonchev–Trinajstić information content (AvgIpc) is 2.58. The summed E-state index contributed by atoms with van der Waals surface area (Å²) < 4.78 is 52.1. The predicted molar refractivity (Wildman–Crippen MR) is 90.0 cm³/mol. The number of anilines is 2. The van der Waals surface area contributed by atoms with Gasteiger partial charge in [0.05, 0.1) is 33.9 Å². The number of urea groups is 1. The number of ether oxygens (including phenoxy) is 2. The number of rotatable bonds is 5. The summed E-state index contributed by atoms with van der Waals surface area (Å²) in [6, 6.07) is 2.86. The van der Waals surface area contributed by atoms with Crippen molar-refractivity contribution in [3.05, 3.63) is 30.0 Å². The van der Waals surface area contributed by atoms with Crippen molar-refractivity contribution in [2.75, 3.05) is 38.8 Å². The van der Waals surface area contributed by atoms with Crippen molar-refractivity contribution >= 4 is 23.7 Å². The minimum absolute atomic E-state index is 0.0624. The Labute approximate surface area is 152 Å². The molecule has 2 aromatic rings. The van der Waals surface area contributed by atoms with Crippen molar-refractivity contribution in [3.8, 4) is 11.8 Å². The van der Waals surface area contributed by atoms with E-state index in [1.54, 1.807) is 0 Å². The number of carbonyl (C=O) groups excluding carboxylic acids is 2. The molecule has 0 spiro atoms. The van der Waals surface area contributed by atoms with Crippen molar-refractivity contribution in [1.29, 1.82) is 0 Å². The summed E-state index contributed by atoms with van der Waals surface area (Å²) in [6.07, 6.45) is 1.35. The van der Waals surface area contributed by atoms with E-state index in [9.17, 15) is 9.59 Å². The number of methoxy groups -OCH3 is 2. The lowest BCUT2D eigenvalue weighted by atomic mass is 10.2. The molecule has 2 N–H and O–H groups in total. The number of hydrogen-bond acceptors (Lipinski definition) is 7. The molecule has 25 heavy (non-hydrogen) atoms. The smallest absolute Gasteiger partial charge is 0.327 e. The summed E-state index contributed by atoms with van der Waals surface area (Å²) in [6.45, 7) is 0. The van der Waals surface area contributed by atoms with Gasteiger partial charge < -0.3 is 14.4 Å². The maximum absolute atomic E-state index is 12.3. The third kappa shape index (κ3) is 4.53. The fourth-order valence-electron chi connectivity index (χ4n) is 1.72. The molecule has 0 atom stereocenters. The standard InChI is InChI=1S/C15H18N6O4/c1-21(2)13(22)9-6-5-7-16-12(9)19-15(23)20-14-17-10(24-3)8-11(18-14)25-4/h5-8H,1-4H3,(H2,16,17,18,19,20,23)/i3D3,4D3. The van der Waals surface area contributed by atoms with Gasteiger partial charge in [0, 0.05) is 20.3 Å². The first-order valence-electron chi connectivity index (χ1n) is 9.75. The maximum atomic E-state index is 12.3. The minimum Gasteiger partial charge on any atom is -0.481 e. The molecule has 10 heteroatoms. The summed E-state index contributed by atoms with van der Waals surface area (Å²) in [5.41, 5.74) is 0.106. The van der Waals surface area contributed by atoms with E-state index in [1.807, 2.05) is 0 Å². The van der Waals surface area contributed by atoms with Gasteiger partial charge in [-0.1, -0.05) is 0 Å². The van der Waals surface area contributed by atoms with Crippen LogP contribution in [0.2, 0.25) is 0 Å². The monoisotopic (exact) mass is 352 g/mol. The summed E-state index contributed by atoms with van der Waals surface area (Å²) in [5, 5.41) is 4.51. The van der Waals surface area contributed by atoms with E-state index in [-0.39, 0.29) is 11.4 Å². The van der Waals surface area contributed by atoms with Gasteiger partial charge in [-0.25, -0.2) is 9.78 Å². The highest BCUT2D eigenvalue weighted by Crippen LogP contribution is 2.18. The van der Waals surface area contributed by atoms with Gasteiger partial charge in [0.2, 0.25) is 17.7 Å². The number of carbonyl (C=O) groups is 2. The molecule has 0 aliphatic rings. The molecule has 0 saturated carbocycles. The molecule has 0 radical (unpaired) electrons. The van der Waals surface area contributed by atoms with Crippen LogP contribution in [0.25, 0.3) is 0 Å². The number of nitrogens with one attached hydrogen (secondary N) is 2. The molecule has 0 aromatic carbocycles. The number of nitrogens with zero attached hydrogens (tertiary/aromatic N) is 4. The van der Waals surface area contributed by atoms with Gasteiger partial charge in [0.15, 0.2) is 0 Å². The number of pyridine rings is 1. The molecule has 0 aliphatic heterocycles. The molecule has 2 rings (SSSR count). The fourth-order valence-corrected chi connectivity index (χ4v) is 1.72. The quantitative estimate of drug-likeness (QED) is 0.831. The van der Waals surface area contributed by atoms with Crippen LogP contribution >= 0.6 is 0 Å². The van der Waals surface area contributed by atoms with Gasteiger partial charge in [-0.05, 0) is 12.1 Å². The van der Waals surface area contributed by atoms with Crippen LogP contribution in [0.15, 0.2) is 24.4 Å². The zero-order valence-electron chi connectivity index (χ0n) is 19.2. The lowest BCUT2D eigenvalue weighted by Crippen LogP contribution is -2.26. The lowest BCUT2D eigenvalue weighted by Gasteiger charge is -2.14. The molecule has 0 unspecified atom stereocenters. The maximum Gasteiger partial charge on any atom is 0.327 e. The third-order valence-corrected chi connectivity index (χ3v) is 2.79. The Balaban J connectivity index is 2.27. The van der Waals surface area contributed by atoms with Gasteiger partial charge in [-0.15, -0.1) is 0 Å². The first kappa shape index (κ1) is 11.2. The van der Waals surface area contributed by atoms with Gasteiger partial charge in [0.25, 0.3) is 5.91 Å². The van der Waals surface area contributed by atoms with Crippen LogP contribution in [0.5, 0.6) is 11.8 Å². The molecule has 0 bridgehead atoms. The first-order chi connectivity index (χ1) is 14.2. The van der Waals surface area contributed by atoms with E-state index < -0.39 is 43.7 Å². The highest BCUT2D eigenvalue weighted by molar-refractivity contribution is 6.04. The average molecular weight is 352 g/mol. The largest absolute Gasteiger partial charge is 0.481 e. The Morgan fingerprint density at radius 2 is 1.84 bits per heavy atom. The van der Waals surface area contributed by atoms with Crippen molar-refractivity contribution in [2.45, 2.75) is 0 Å². The van der Waals surface area contributed by atoms with Crippen LogP contribution in [-0.4, -0.2) is 60.0 Å². The zero-order valence-corrected chi connectivity index (χ0v) is 13.2. The van der Waals surface area contributed by atoms with E-state index in [4.69, 9.17) is 8.22 Å². The Morgan fingerprint density at radius 3 is 2.44 bits per heavy atom. The Kier molecular flexibility index (Phi) is 3.54. The normalized spacial score (nSPS) is 14.5. The van der Waals surface area contributed by atoms with E-state index in [1.165, 1.54) is 37.3 Å². The highest BCUT2D eigenvalue weighted by Gasteiger charge is 2.17. The van der Waals surface area contributed by atoms with Gasteiger partial charge in [-0.2, -0.15) is 9.97 Å². The summed E-state index contributed by atoms with van der Waals surface area (Å²) >= 11 is 0. The second-order valence-corrected chi connectivity index (χ2v) is 4.75. The molecule has 2 aromatic heterocycles. The third-order valence-electron chi connectivity index (χ3n) is 2.79. The van der Waals surface area contributed by atoms with E-state index in [2.05, 4.69) is 35.1 Å². The summed E-state index contributed by atoms with van der Waals surface area (Å²) in [7, 11) is -2.76. The highest BCUT2D eigenvalue weighted by atomic mass is 16.5. The molecule has 10 nitrogen and oxygen atoms in total. The first-order valence-corrected chi connectivity index (χ1v) is 6.75. The lowest BCUT2D eigenvalue weighted by molar-refractivity contribution is 0.0828. The molecular weight excluding hydrogens is 328 g/mol. The molecule has 0 aliphatic carbocycles. The van der Waals surface area contributed by atoms with E-state index >= 15 is 0 Å². The second kappa shape index (κ2) is 7.90. The topological polar surface area (TPSA) is 119 Å². The molecule has 3 amide bonds. The molecule has 2 heterocycles. The Morgan fingerprint density at radius 1 is 1.16 bits per heavy atom. The summed E-state index contributed by atoms with van der Waals surface area (Å²) in [4.78, 5) is 37.2. The fraction of sp³-hybridized carbons (Fsp3) is 0.267. The second-order valence-electron chi connectivity index (χ2n) is 4.75. The van der Waals surface area contributed by atoms with Gasteiger partial charge >= 0.3 is 6.03 Å². The Bertz CT molecular complexity index is 931. The SMILES string of the molecule is [2H]C([2H])([2H])Oc1cc(OC([2H])([2H])[2H])nc(NC(=O)Nc2ncccc2C(=O)N(C)C)n1. The van der Waals surface area contributed by atoms with Crippen LogP contribution < -0.4 is 20.1 Å². The molecule has 0 fully saturated rings. The van der Waals surface area contributed by atoms with Crippen LogP contribution in [0, 0.1) is 0 Å². The van der Waals surface area contributed by atoms with Gasteiger partial charge in [-0.3, -0.25) is 15.4 Å².